The first kappa shape index (κ1) is 14.0. The van der Waals surface area contributed by atoms with E-state index in [0.717, 1.165) is 23.5 Å². The molecule has 0 saturated heterocycles. The molecule has 2 rings (SSSR count). The number of methoxy groups -OCH3 is 1. The Bertz CT molecular complexity index is 531. The van der Waals surface area contributed by atoms with Gasteiger partial charge in [-0.15, -0.1) is 0 Å². The second-order valence-corrected chi connectivity index (χ2v) is 5.36. The fourth-order valence-electron chi connectivity index (χ4n) is 1.99. The molecule has 0 amide bonds. The number of fused-ring (bicyclic) bond motifs is 1. The van der Waals surface area contributed by atoms with E-state index in [-0.39, 0.29) is 0 Å². The molecule has 1 aromatic heterocycles. The van der Waals surface area contributed by atoms with Crippen molar-refractivity contribution in [3.05, 3.63) is 30.5 Å². The second kappa shape index (κ2) is 7.24. The van der Waals surface area contributed by atoms with E-state index in [9.17, 15) is 0 Å². The molecule has 3 nitrogen and oxygen atoms in total. The monoisotopic (exact) mass is 276 g/mol. The van der Waals surface area contributed by atoms with E-state index in [0.29, 0.717) is 0 Å². The van der Waals surface area contributed by atoms with Crippen molar-refractivity contribution in [2.45, 2.75) is 12.8 Å². The highest BCUT2D eigenvalue weighted by Gasteiger charge is 2.03. The standard InChI is InChI=1S/C15H20N2OS/c1-18-13-6-5-12-7-9-17-15(14(12)11-13)16-8-3-4-10-19-2/h5-7,9,11H,3-4,8,10H2,1-2H3,(H,16,17). The number of ether oxygens (including phenoxy) is 1. The third-order valence-electron chi connectivity index (χ3n) is 3.04. The Morgan fingerprint density at radius 3 is 2.95 bits per heavy atom. The molecule has 0 aliphatic rings. The zero-order chi connectivity index (χ0) is 13.5. The van der Waals surface area contributed by atoms with Crippen molar-refractivity contribution in [3.8, 4) is 5.75 Å². The number of unbranched alkanes of at least 4 members (excludes halogenated alkanes) is 1. The van der Waals surface area contributed by atoms with Gasteiger partial charge in [0.15, 0.2) is 0 Å². The minimum atomic E-state index is 0.867. The van der Waals surface area contributed by atoms with E-state index in [2.05, 4.69) is 22.6 Å². The molecule has 0 saturated carbocycles. The molecule has 0 atom stereocenters. The number of benzene rings is 1. The Labute approximate surface area is 118 Å². The van der Waals surface area contributed by atoms with Gasteiger partial charge in [-0.25, -0.2) is 4.98 Å². The molecule has 4 heteroatoms. The lowest BCUT2D eigenvalue weighted by Crippen LogP contribution is -2.04. The molecule has 1 aromatic carbocycles. The number of aromatic nitrogens is 1. The van der Waals surface area contributed by atoms with Crippen LogP contribution >= 0.6 is 11.8 Å². The maximum absolute atomic E-state index is 5.28. The molecule has 0 unspecified atom stereocenters. The van der Waals surface area contributed by atoms with E-state index in [1.807, 2.05) is 36.2 Å². The highest BCUT2D eigenvalue weighted by molar-refractivity contribution is 7.98. The van der Waals surface area contributed by atoms with Crippen molar-refractivity contribution in [1.29, 1.82) is 0 Å². The summed E-state index contributed by atoms with van der Waals surface area (Å²) in [6.07, 6.45) is 6.40. The molecule has 0 spiro atoms. The zero-order valence-electron chi connectivity index (χ0n) is 11.5. The first-order valence-corrected chi connectivity index (χ1v) is 7.90. The predicted octanol–water partition coefficient (Wildman–Crippen LogP) is 3.80. The van der Waals surface area contributed by atoms with Crippen LogP contribution in [0.3, 0.4) is 0 Å². The molecule has 102 valence electrons. The van der Waals surface area contributed by atoms with Crippen molar-refractivity contribution < 1.29 is 4.74 Å². The Balaban J connectivity index is 2.08. The van der Waals surface area contributed by atoms with Crippen LogP contribution in [0.2, 0.25) is 0 Å². The smallest absolute Gasteiger partial charge is 0.133 e. The summed E-state index contributed by atoms with van der Waals surface area (Å²) >= 11 is 1.90. The van der Waals surface area contributed by atoms with Crippen molar-refractivity contribution in [1.82, 2.24) is 4.98 Å². The molecule has 1 heterocycles. The SMILES string of the molecule is COc1ccc2ccnc(NCCCCSC)c2c1. The average Bonchev–Trinajstić information content (AvgIpc) is 2.46. The molecule has 0 fully saturated rings. The molecule has 0 aliphatic heterocycles. The number of nitrogens with one attached hydrogen (secondary N) is 1. The van der Waals surface area contributed by atoms with Crippen molar-refractivity contribution >= 4 is 28.4 Å². The van der Waals surface area contributed by atoms with Crippen LogP contribution < -0.4 is 10.1 Å². The first-order valence-electron chi connectivity index (χ1n) is 6.50. The molecule has 0 radical (unpaired) electrons. The van der Waals surface area contributed by atoms with E-state index >= 15 is 0 Å². The van der Waals surface area contributed by atoms with Gasteiger partial charge in [0.2, 0.25) is 0 Å². The van der Waals surface area contributed by atoms with Crippen LogP contribution in [0.4, 0.5) is 5.82 Å². The Morgan fingerprint density at radius 1 is 1.26 bits per heavy atom. The summed E-state index contributed by atoms with van der Waals surface area (Å²) < 4.78 is 5.28. The lowest BCUT2D eigenvalue weighted by molar-refractivity contribution is 0.415. The predicted molar refractivity (Wildman–Crippen MR) is 84.4 cm³/mol. The highest BCUT2D eigenvalue weighted by Crippen LogP contribution is 2.25. The summed E-state index contributed by atoms with van der Waals surface area (Å²) in [7, 11) is 1.69. The number of anilines is 1. The lowest BCUT2D eigenvalue weighted by Gasteiger charge is -2.09. The minimum Gasteiger partial charge on any atom is -0.497 e. The average molecular weight is 276 g/mol. The third-order valence-corrected chi connectivity index (χ3v) is 3.74. The number of pyridine rings is 1. The molecule has 0 aliphatic carbocycles. The third kappa shape index (κ3) is 3.77. The minimum absolute atomic E-state index is 0.867. The summed E-state index contributed by atoms with van der Waals surface area (Å²) in [5, 5.41) is 5.72. The maximum atomic E-state index is 5.28. The topological polar surface area (TPSA) is 34.1 Å². The van der Waals surface area contributed by atoms with Crippen LogP contribution in [0, 0.1) is 0 Å². The van der Waals surface area contributed by atoms with Crippen LogP contribution in [-0.4, -0.2) is 30.6 Å². The van der Waals surface area contributed by atoms with Gasteiger partial charge in [0, 0.05) is 18.1 Å². The fourth-order valence-corrected chi connectivity index (χ4v) is 2.49. The molecule has 0 bridgehead atoms. The Morgan fingerprint density at radius 2 is 2.16 bits per heavy atom. The maximum Gasteiger partial charge on any atom is 0.133 e. The second-order valence-electron chi connectivity index (χ2n) is 4.37. The largest absolute Gasteiger partial charge is 0.497 e. The van der Waals surface area contributed by atoms with Gasteiger partial charge in [-0.3, -0.25) is 0 Å². The number of rotatable bonds is 7. The molecular weight excluding hydrogens is 256 g/mol. The normalized spacial score (nSPS) is 10.6. The molecule has 19 heavy (non-hydrogen) atoms. The van der Waals surface area contributed by atoms with Gasteiger partial charge in [0.05, 0.1) is 7.11 Å². The van der Waals surface area contributed by atoms with Crippen molar-refractivity contribution in [2.24, 2.45) is 0 Å². The van der Waals surface area contributed by atoms with Crippen molar-refractivity contribution in [3.63, 3.8) is 0 Å². The number of hydrogen-bond acceptors (Lipinski definition) is 4. The molecular formula is C15H20N2OS. The van der Waals surface area contributed by atoms with Gasteiger partial charge in [-0.05, 0) is 48.4 Å². The lowest BCUT2D eigenvalue weighted by atomic mass is 10.1. The first-order chi connectivity index (χ1) is 9.35. The summed E-state index contributed by atoms with van der Waals surface area (Å²) in [6, 6.07) is 8.10. The van der Waals surface area contributed by atoms with Crippen LogP contribution in [0.15, 0.2) is 30.5 Å². The van der Waals surface area contributed by atoms with Crippen LogP contribution in [-0.2, 0) is 0 Å². The van der Waals surface area contributed by atoms with Gasteiger partial charge >= 0.3 is 0 Å². The van der Waals surface area contributed by atoms with Gasteiger partial charge in [0.25, 0.3) is 0 Å². The number of hydrogen-bond donors (Lipinski definition) is 1. The number of thioether (sulfide) groups is 1. The number of nitrogens with zero attached hydrogens (tertiary/aromatic N) is 1. The van der Waals surface area contributed by atoms with E-state index < -0.39 is 0 Å². The fraction of sp³-hybridized carbons (Fsp3) is 0.400. The Kier molecular flexibility index (Phi) is 5.33. The van der Waals surface area contributed by atoms with Gasteiger partial charge < -0.3 is 10.1 Å². The summed E-state index contributed by atoms with van der Waals surface area (Å²) in [4.78, 5) is 4.43. The summed E-state index contributed by atoms with van der Waals surface area (Å²) in [5.74, 6) is 3.03. The van der Waals surface area contributed by atoms with E-state index in [4.69, 9.17) is 4.74 Å². The Hall–Kier alpha value is -1.42. The van der Waals surface area contributed by atoms with Crippen LogP contribution in [0.1, 0.15) is 12.8 Å². The zero-order valence-corrected chi connectivity index (χ0v) is 12.3. The van der Waals surface area contributed by atoms with Gasteiger partial charge in [-0.1, -0.05) is 6.07 Å². The van der Waals surface area contributed by atoms with E-state index in [1.165, 1.54) is 24.0 Å². The van der Waals surface area contributed by atoms with Crippen LogP contribution in [0.5, 0.6) is 5.75 Å². The summed E-state index contributed by atoms with van der Waals surface area (Å²) in [5.41, 5.74) is 0. The summed E-state index contributed by atoms with van der Waals surface area (Å²) in [6.45, 7) is 0.962. The van der Waals surface area contributed by atoms with E-state index in [1.54, 1.807) is 7.11 Å². The molecule has 2 aromatic rings. The quantitative estimate of drug-likeness (QED) is 0.780. The van der Waals surface area contributed by atoms with Crippen LogP contribution in [0.25, 0.3) is 10.8 Å². The highest BCUT2D eigenvalue weighted by atomic mass is 32.2. The molecule has 1 N–H and O–H groups in total. The van der Waals surface area contributed by atoms with Gasteiger partial charge in [-0.2, -0.15) is 11.8 Å². The van der Waals surface area contributed by atoms with Gasteiger partial charge in [0.1, 0.15) is 11.6 Å². The van der Waals surface area contributed by atoms with Crippen molar-refractivity contribution in [2.75, 3.05) is 31.0 Å².